The maximum Gasteiger partial charge on any atom is 0.335 e. The number of urea groups is 1. The molecule has 1 fully saturated rings. The van der Waals surface area contributed by atoms with Gasteiger partial charge in [0.25, 0.3) is 11.8 Å². The molecule has 1 heterocycles. The number of carbonyl (C=O) groups is 3. The van der Waals surface area contributed by atoms with Crippen molar-refractivity contribution in [3.8, 4) is 24.7 Å². The van der Waals surface area contributed by atoms with Crippen LogP contribution in [0.25, 0.3) is 0 Å². The zero-order chi connectivity index (χ0) is 17.0. The smallest absolute Gasteiger partial charge is 0.273 e. The van der Waals surface area contributed by atoms with Crippen LogP contribution in [-0.4, -0.2) is 40.7 Å². The zero-order valence-electron chi connectivity index (χ0n) is 12.8. The number of hydrogen-bond acceptors (Lipinski definition) is 3. The molecule has 5 nitrogen and oxygen atoms in total. The highest BCUT2D eigenvalue weighted by molar-refractivity contribution is 6.23. The summed E-state index contributed by atoms with van der Waals surface area (Å²) in [4.78, 5) is 40.1. The molecule has 0 aromatic heterocycles. The van der Waals surface area contributed by atoms with Crippen LogP contribution in [0.1, 0.15) is 18.9 Å². The lowest BCUT2D eigenvalue weighted by Gasteiger charge is -2.42. The van der Waals surface area contributed by atoms with Crippen molar-refractivity contribution < 1.29 is 14.4 Å². The molecule has 1 saturated heterocycles. The van der Waals surface area contributed by atoms with Crippen LogP contribution in [0.5, 0.6) is 0 Å². The van der Waals surface area contributed by atoms with E-state index >= 15 is 0 Å². The van der Waals surface area contributed by atoms with E-state index < -0.39 is 23.3 Å². The molecule has 116 valence electrons. The van der Waals surface area contributed by atoms with E-state index in [0.717, 1.165) is 9.80 Å². The van der Waals surface area contributed by atoms with Crippen molar-refractivity contribution in [2.75, 3.05) is 13.1 Å². The Labute approximate surface area is 135 Å². The minimum absolute atomic E-state index is 0.199. The normalized spacial score (nSPS) is 16.9. The first kappa shape index (κ1) is 16.3. The van der Waals surface area contributed by atoms with E-state index in [1.165, 1.54) is 0 Å². The van der Waals surface area contributed by atoms with Gasteiger partial charge in [-0.05, 0) is 12.0 Å². The van der Waals surface area contributed by atoms with E-state index in [-0.39, 0.29) is 19.5 Å². The Bertz CT molecular complexity index is 687. The molecule has 1 aliphatic heterocycles. The number of rotatable bonds is 4. The molecule has 0 bridgehead atoms. The summed E-state index contributed by atoms with van der Waals surface area (Å²) in [6.07, 6.45) is 10.7. The molecule has 23 heavy (non-hydrogen) atoms. The molecule has 0 spiro atoms. The molecule has 2 rings (SSSR count). The van der Waals surface area contributed by atoms with Crippen LogP contribution in [0, 0.1) is 24.7 Å². The molecule has 1 aromatic rings. The lowest BCUT2D eigenvalue weighted by atomic mass is 9.74. The topological polar surface area (TPSA) is 57.7 Å². The van der Waals surface area contributed by atoms with Gasteiger partial charge >= 0.3 is 6.03 Å². The summed E-state index contributed by atoms with van der Waals surface area (Å²) < 4.78 is 0. The predicted octanol–water partition coefficient (Wildman–Crippen LogP) is 1.39. The molecular weight excluding hydrogens is 292 g/mol. The van der Waals surface area contributed by atoms with Crippen LogP contribution >= 0.6 is 0 Å². The average Bonchev–Trinajstić information content (AvgIpc) is 2.57. The van der Waals surface area contributed by atoms with Crippen molar-refractivity contribution in [2.45, 2.75) is 18.8 Å². The van der Waals surface area contributed by atoms with Gasteiger partial charge in [-0.25, -0.2) is 4.79 Å². The third-order valence-corrected chi connectivity index (χ3v) is 3.98. The van der Waals surface area contributed by atoms with E-state index in [4.69, 9.17) is 12.8 Å². The number of barbiturate groups is 1. The number of benzene rings is 1. The summed E-state index contributed by atoms with van der Waals surface area (Å²) in [6.45, 7) is 1.31. The Kier molecular flexibility index (Phi) is 4.52. The van der Waals surface area contributed by atoms with Crippen LogP contribution in [0.4, 0.5) is 4.79 Å². The lowest BCUT2D eigenvalue weighted by Crippen LogP contribution is -2.67. The van der Waals surface area contributed by atoms with Gasteiger partial charge in [-0.15, -0.1) is 12.8 Å². The van der Waals surface area contributed by atoms with E-state index in [1.807, 2.05) is 0 Å². The summed E-state index contributed by atoms with van der Waals surface area (Å²) in [5, 5.41) is 0. The molecular formula is C18H16N2O3. The number of hydrogen-bond donors (Lipinski definition) is 0. The van der Waals surface area contributed by atoms with Gasteiger partial charge in [0.05, 0.1) is 13.1 Å². The van der Waals surface area contributed by atoms with Crippen LogP contribution in [-0.2, 0) is 15.0 Å². The zero-order valence-corrected chi connectivity index (χ0v) is 12.8. The molecule has 0 N–H and O–H groups in total. The first-order valence-corrected chi connectivity index (χ1v) is 7.15. The first-order chi connectivity index (χ1) is 11.0. The Hall–Kier alpha value is -3.05. The standard InChI is InChI=1S/C18H16N2O3/c1-4-12-19-15(21)18(6-3,14-10-8-7-9-11-14)16(22)20(13-5-2)17(19)23/h1-2,7-11H,6,12-13H2,3H3. The monoisotopic (exact) mass is 308 g/mol. The quantitative estimate of drug-likeness (QED) is 0.624. The Morgan fingerprint density at radius 3 is 1.83 bits per heavy atom. The van der Waals surface area contributed by atoms with Gasteiger partial charge in [-0.1, -0.05) is 49.1 Å². The summed E-state index contributed by atoms with van der Waals surface area (Å²) in [5.41, 5.74) is -0.961. The largest absolute Gasteiger partial charge is 0.335 e. The Balaban J connectivity index is 2.66. The molecule has 0 atom stereocenters. The van der Waals surface area contributed by atoms with E-state index in [0.29, 0.717) is 5.56 Å². The molecule has 4 amide bonds. The highest BCUT2D eigenvalue weighted by Crippen LogP contribution is 2.36. The first-order valence-electron chi connectivity index (χ1n) is 7.15. The molecule has 0 saturated carbocycles. The van der Waals surface area contributed by atoms with Crippen molar-refractivity contribution in [1.29, 1.82) is 0 Å². The van der Waals surface area contributed by atoms with Crippen LogP contribution in [0.2, 0.25) is 0 Å². The average molecular weight is 308 g/mol. The van der Waals surface area contributed by atoms with Gasteiger partial charge in [0.2, 0.25) is 0 Å². The van der Waals surface area contributed by atoms with E-state index in [9.17, 15) is 14.4 Å². The maximum atomic E-state index is 12.9. The van der Waals surface area contributed by atoms with Gasteiger partial charge < -0.3 is 0 Å². The van der Waals surface area contributed by atoms with Gasteiger partial charge in [0.15, 0.2) is 5.41 Å². The number of nitrogens with zero attached hydrogens (tertiary/aromatic N) is 2. The van der Waals surface area contributed by atoms with Crippen LogP contribution in [0.15, 0.2) is 30.3 Å². The molecule has 1 aliphatic rings. The van der Waals surface area contributed by atoms with Crippen molar-refractivity contribution in [1.82, 2.24) is 9.80 Å². The summed E-state index contributed by atoms with van der Waals surface area (Å²) in [5.74, 6) is 3.36. The Morgan fingerprint density at radius 1 is 0.957 bits per heavy atom. The highest BCUT2D eigenvalue weighted by atomic mass is 16.2. The molecule has 0 unspecified atom stereocenters. The predicted molar refractivity (Wildman–Crippen MR) is 84.9 cm³/mol. The number of amides is 4. The van der Waals surface area contributed by atoms with Crippen molar-refractivity contribution in [3.05, 3.63) is 35.9 Å². The maximum absolute atomic E-state index is 12.9. The van der Waals surface area contributed by atoms with Crippen molar-refractivity contribution in [3.63, 3.8) is 0 Å². The Morgan fingerprint density at radius 2 is 1.43 bits per heavy atom. The highest BCUT2D eigenvalue weighted by Gasteiger charge is 2.56. The summed E-state index contributed by atoms with van der Waals surface area (Å²) in [6, 6.07) is 7.88. The molecule has 1 aromatic carbocycles. The third kappa shape index (κ3) is 2.37. The second-order valence-electron chi connectivity index (χ2n) is 5.10. The molecule has 0 aliphatic carbocycles. The summed E-state index contributed by atoms with van der Waals surface area (Å²) >= 11 is 0. The van der Waals surface area contributed by atoms with Gasteiger partial charge in [0.1, 0.15) is 0 Å². The lowest BCUT2D eigenvalue weighted by molar-refractivity contribution is -0.151. The fourth-order valence-electron chi connectivity index (χ4n) is 2.81. The second kappa shape index (κ2) is 6.37. The van der Waals surface area contributed by atoms with E-state index in [1.54, 1.807) is 37.3 Å². The number of imide groups is 2. The van der Waals surface area contributed by atoms with Gasteiger partial charge in [-0.2, -0.15) is 0 Å². The van der Waals surface area contributed by atoms with Crippen molar-refractivity contribution >= 4 is 17.8 Å². The number of terminal acetylenes is 2. The fraction of sp³-hybridized carbons (Fsp3) is 0.278. The number of carbonyl (C=O) groups excluding carboxylic acids is 3. The van der Waals surface area contributed by atoms with Crippen LogP contribution in [0.3, 0.4) is 0 Å². The van der Waals surface area contributed by atoms with Gasteiger partial charge in [-0.3, -0.25) is 19.4 Å². The third-order valence-electron chi connectivity index (χ3n) is 3.98. The molecule has 0 radical (unpaired) electrons. The molecule has 5 heteroatoms. The fourth-order valence-corrected chi connectivity index (χ4v) is 2.81. The SMILES string of the molecule is C#CCN1C(=O)N(CC#C)C(=O)C(CC)(c2ccccc2)C1=O. The second-order valence-corrected chi connectivity index (χ2v) is 5.10. The van der Waals surface area contributed by atoms with Crippen molar-refractivity contribution in [2.24, 2.45) is 0 Å². The van der Waals surface area contributed by atoms with Gasteiger partial charge in [0, 0.05) is 0 Å². The van der Waals surface area contributed by atoms with E-state index in [2.05, 4.69) is 11.8 Å². The minimum Gasteiger partial charge on any atom is -0.273 e. The minimum atomic E-state index is -1.48. The summed E-state index contributed by atoms with van der Waals surface area (Å²) in [7, 11) is 0. The van der Waals surface area contributed by atoms with Crippen LogP contribution < -0.4 is 0 Å².